The molecule has 6 heteroatoms. The second-order valence-electron chi connectivity index (χ2n) is 14.4. The molecule has 0 amide bonds. The number of aromatic hydroxyl groups is 1. The van der Waals surface area contributed by atoms with Crippen molar-refractivity contribution in [1.29, 1.82) is 0 Å². The molecule has 0 heterocycles. The average Bonchev–Trinajstić information content (AvgIpc) is 3.30. The maximum atomic E-state index is 11.6. The third-order valence-corrected chi connectivity index (χ3v) is 10.3. The molecule has 0 aliphatic carbocycles. The molecular formula is C53H42O6. The van der Waals surface area contributed by atoms with E-state index >= 15 is 0 Å². The van der Waals surface area contributed by atoms with E-state index in [2.05, 4.69) is 6.07 Å². The van der Waals surface area contributed by atoms with Crippen molar-refractivity contribution in [2.45, 2.75) is 33.0 Å². The molecule has 9 aromatic carbocycles. The van der Waals surface area contributed by atoms with Crippen LogP contribution in [0, 0.1) is 0 Å². The molecule has 59 heavy (non-hydrogen) atoms. The van der Waals surface area contributed by atoms with Gasteiger partial charge in [0.05, 0.1) is 0 Å². The van der Waals surface area contributed by atoms with E-state index in [4.69, 9.17) is 23.7 Å². The van der Waals surface area contributed by atoms with Crippen LogP contribution >= 0.6 is 0 Å². The van der Waals surface area contributed by atoms with Gasteiger partial charge in [-0.15, -0.1) is 0 Å². The smallest absolute Gasteiger partial charge is 0.162 e. The van der Waals surface area contributed by atoms with Gasteiger partial charge in [0, 0.05) is 0 Å². The first kappa shape index (κ1) is 37.2. The zero-order chi connectivity index (χ0) is 39.8. The Morgan fingerprint density at radius 1 is 0.254 bits per heavy atom. The molecule has 0 fully saturated rings. The fourth-order valence-electron chi connectivity index (χ4n) is 7.27. The van der Waals surface area contributed by atoms with E-state index in [0.717, 1.165) is 60.1 Å². The largest absolute Gasteiger partial charge is 0.504 e. The van der Waals surface area contributed by atoms with Crippen molar-refractivity contribution in [3.8, 4) is 34.5 Å². The van der Waals surface area contributed by atoms with Crippen LogP contribution in [0.1, 0.15) is 27.8 Å². The van der Waals surface area contributed by atoms with E-state index in [-0.39, 0.29) is 5.75 Å². The normalized spacial score (nSPS) is 11.1. The molecule has 1 N–H and O–H groups in total. The van der Waals surface area contributed by atoms with E-state index in [1.807, 2.05) is 176 Å². The summed E-state index contributed by atoms with van der Waals surface area (Å²) in [6.07, 6.45) is 0. The van der Waals surface area contributed by atoms with Crippen molar-refractivity contribution >= 4 is 32.3 Å². The van der Waals surface area contributed by atoms with Gasteiger partial charge in [0.15, 0.2) is 34.5 Å². The lowest BCUT2D eigenvalue weighted by molar-refractivity contribution is 0.256. The molecule has 9 rings (SSSR count). The lowest BCUT2D eigenvalue weighted by atomic mass is 9.93. The maximum Gasteiger partial charge on any atom is 0.162 e. The number of hydrogen-bond donors (Lipinski definition) is 1. The summed E-state index contributed by atoms with van der Waals surface area (Å²) < 4.78 is 32.7. The number of phenolic OH excluding ortho intramolecular Hbond substituents is 1. The van der Waals surface area contributed by atoms with E-state index < -0.39 is 0 Å². The van der Waals surface area contributed by atoms with Crippen LogP contribution in [-0.4, -0.2) is 5.11 Å². The molecule has 0 saturated heterocycles. The van der Waals surface area contributed by atoms with Gasteiger partial charge in [0.2, 0.25) is 0 Å². The summed E-state index contributed by atoms with van der Waals surface area (Å²) in [4.78, 5) is 0. The highest BCUT2D eigenvalue weighted by Crippen LogP contribution is 2.47. The fraction of sp³-hybridized carbons (Fsp3) is 0.0943. The van der Waals surface area contributed by atoms with Gasteiger partial charge in [0.1, 0.15) is 33.0 Å². The molecule has 0 atom stereocenters. The summed E-state index contributed by atoms with van der Waals surface area (Å²) in [6.45, 7) is 1.71. The van der Waals surface area contributed by atoms with E-state index in [1.54, 1.807) is 6.07 Å². The molecule has 290 valence electrons. The van der Waals surface area contributed by atoms with Crippen LogP contribution in [0.4, 0.5) is 0 Å². The Balaban J connectivity index is 1.24. The molecule has 0 bridgehead atoms. The second-order valence-corrected chi connectivity index (χ2v) is 14.4. The van der Waals surface area contributed by atoms with Gasteiger partial charge in [-0.1, -0.05) is 152 Å². The summed E-state index contributed by atoms with van der Waals surface area (Å²) in [5.41, 5.74) is 5.14. The Hall–Kier alpha value is -7.44. The summed E-state index contributed by atoms with van der Waals surface area (Å²) >= 11 is 0. The fourth-order valence-corrected chi connectivity index (χ4v) is 7.27. The minimum absolute atomic E-state index is 0.0357. The Kier molecular flexibility index (Phi) is 10.9. The lowest BCUT2D eigenvalue weighted by Gasteiger charge is -2.20. The predicted octanol–water partition coefficient (Wildman–Crippen LogP) is 12.7. The molecule has 0 aliphatic rings. The first-order chi connectivity index (χ1) is 29.1. The second kappa shape index (κ2) is 17.4. The Bertz CT molecular complexity index is 2730. The number of rotatable bonds is 15. The Morgan fingerprint density at radius 2 is 0.458 bits per heavy atom. The van der Waals surface area contributed by atoms with Crippen LogP contribution in [0.3, 0.4) is 0 Å². The van der Waals surface area contributed by atoms with Gasteiger partial charge in [-0.3, -0.25) is 0 Å². The predicted molar refractivity (Wildman–Crippen MR) is 234 cm³/mol. The maximum absolute atomic E-state index is 11.6. The number of hydrogen-bond acceptors (Lipinski definition) is 6. The average molecular weight is 775 g/mol. The number of benzene rings is 9. The van der Waals surface area contributed by atoms with Gasteiger partial charge >= 0.3 is 0 Å². The highest BCUT2D eigenvalue weighted by molar-refractivity contribution is 6.26. The standard InChI is InChI=1S/C53H42O6/c54-48-26-42-43(27-49(48)55-32-37-16-6-1-7-17-37)45-29-51(57-34-39-20-10-3-11-21-39)53(59-36-41-24-14-5-15-25-41)31-47(45)46-30-52(58-35-40-22-12-4-13-23-40)50(28-44(42)46)56-33-38-18-8-2-9-19-38/h1-31,54H,32-36H2. The van der Waals surface area contributed by atoms with E-state index in [0.29, 0.717) is 61.8 Å². The topological polar surface area (TPSA) is 66.4 Å². The number of fused-ring (bicyclic) bond motifs is 6. The Morgan fingerprint density at radius 3 is 0.712 bits per heavy atom. The van der Waals surface area contributed by atoms with E-state index in [1.165, 1.54) is 0 Å². The molecule has 0 radical (unpaired) electrons. The minimum Gasteiger partial charge on any atom is -0.504 e. The van der Waals surface area contributed by atoms with Gasteiger partial charge in [-0.2, -0.15) is 0 Å². The summed E-state index contributed by atoms with van der Waals surface area (Å²) in [5, 5.41) is 16.9. The quantitative estimate of drug-likeness (QED) is 0.105. The third kappa shape index (κ3) is 8.63. The SMILES string of the molecule is Oc1cc2c(cc1OCc1ccccc1)c1cc(OCc3ccccc3)c(OCc3ccccc3)cc1c1cc(OCc3ccccc3)c(OCc3ccccc3)cc21. The zero-order valence-electron chi connectivity index (χ0n) is 32.4. The van der Waals surface area contributed by atoms with Gasteiger partial charge in [0.25, 0.3) is 0 Å². The highest BCUT2D eigenvalue weighted by atomic mass is 16.5. The van der Waals surface area contributed by atoms with Gasteiger partial charge < -0.3 is 28.8 Å². The van der Waals surface area contributed by atoms with Crippen molar-refractivity contribution < 1.29 is 28.8 Å². The van der Waals surface area contributed by atoms with Crippen molar-refractivity contribution in [3.05, 3.63) is 216 Å². The van der Waals surface area contributed by atoms with Gasteiger partial charge in [-0.25, -0.2) is 0 Å². The van der Waals surface area contributed by atoms with Crippen LogP contribution in [0.2, 0.25) is 0 Å². The molecule has 9 aromatic rings. The van der Waals surface area contributed by atoms with E-state index in [9.17, 15) is 5.11 Å². The van der Waals surface area contributed by atoms with Crippen molar-refractivity contribution in [1.82, 2.24) is 0 Å². The molecule has 6 nitrogen and oxygen atoms in total. The Labute approximate surface area is 343 Å². The highest BCUT2D eigenvalue weighted by Gasteiger charge is 2.20. The van der Waals surface area contributed by atoms with Crippen LogP contribution < -0.4 is 23.7 Å². The number of ether oxygens (including phenoxy) is 5. The summed E-state index contributed by atoms with van der Waals surface area (Å²) in [7, 11) is 0. The molecule has 0 spiro atoms. The molecule has 0 aliphatic heterocycles. The van der Waals surface area contributed by atoms with Crippen LogP contribution in [0.5, 0.6) is 34.5 Å². The molecule has 0 unspecified atom stereocenters. The first-order valence-corrected chi connectivity index (χ1v) is 19.7. The van der Waals surface area contributed by atoms with Crippen molar-refractivity contribution in [3.63, 3.8) is 0 Å². The summed E-state index contributed by atoms with van der Waals surface area (Å²) in [5.74, 6) is 2.80. The molecule has 0 aromatic heterocycles. The van der Waals surface area contributed by atoms with Crippen molar-refractivity contribution in [2.75, 3.05) is 0 Å². The molecule has 0 saturated carbocycles. The zero-order valence-corrected chi connectivity index (χ0v) is 32.4. The number of phenols is 1. The third-order valence-electron chi connectivity index (χ3n) is 10.3. The lowest BCUT2D eigenvalue weighted by Crippen LogP contribution is -2.02. The van der Waals surface area contributed by atoms with Gasteiger partial charge in [-0.05, 0) is 96.5 Å². The summed E-state index contributed by atoms with van der Waals surface area (Å²) in [6, 6.07) is 62.2. The van der Waals surface area contributed by atoms with Crippen LogP contribution in [0.25, 0.3) is 32.3 Å². The molecular weight excluding hydrogens is 733 g/mol. The van der Waals surface area contributed by atoms with Crippen LogP contribution in [0.15, 0.2) is 188 Å². The minimum atomic E-state index is 0.0357. The monoisotopic (exact) mass is 774 g/mol. The van der Waals surface area contributed by atoms with Crippen LogP contribution in [-0.2, 0) is 33.0 Å². The first-order valence-electron chi connectivity index (χ1n) is 19.7. The van der Waals surface area contributed by atoms with Crippen molar-refractivity contribution in [2.24, 2.45) is 0 Å².